The molecule has 2 aromatic rings. The summed E-state index contributed by atoms with van der Waals surface area (Å²) in [6, 6.07) is 11.6. The molecule has 0 amide bonds. The van der Waals surface area contributed by atoms with E-state index in [2.05, 4.69) is 0 Å². The van der Waals surface area contributed by atoms with Gasteiger partial charge in [-0.15, -0.1) is 0 Å². The van der Waals surface area contributed by atoms with E-state index in [-0.39, 0.29) is 11.6 Å². The number of carbonyl (C=O) groups is 1. The van der Waals surface area contributed by atoms with Crippen LogP contribution in [0.5, 0.6) is 0 Å². The average Bonchev–Trinajstić information content (AvgIpc) is 2.29. The number of benzene rings is 2. The zero-order chi connectivity index (χ0) is 12.4. The molecule has 0 aliphatic carbocycles. The minimum absolute atomic E-state index is 0.0746. The van der Waals surface area contributed by atoms with Gasteiger partial charge in [-0.25, -0.2) is 4.39 Å². The fraction of sp³-hybridized carbons (Fsp3) is 0.0714. The summed E-state index contributed by atoms with van der Waals surface area (Å²) in [5.74, 6) is -0.399. The summed E-state index contributed by atoms with van der Waals surface area (Å²) in [6.07, 6.45) is 0. The SMILES string of the molecule is Cc1ccc(C(=O)c2ccc(F)cc2I)cc1. The van der Waals surface area contributed by atoms with Crippen molar-refractivity contribution < 1.29 is 9.18 Å². The van der Waals surface area contributed by atoms with Crippen LogP contribution in [0, 0.1) is 16.3 Å². The van der Waals surface area contributed by atoms with E-state index in [4.69, 9.17) is 0 Å². The van der Waals surface area contributed by atoms with Crippen LogP contribution >= 0.6 is 22.6 Å². The van der Waals surface area contributed by atoms with Crippen LogP contribution < -0.4 is 0 Å². The van der Waals surface area contributed by atoms with Gasteiger partial charge < -0.3 is 0 Å². The van der Waals surface area contributed by atoms with Crippen LogP contribution in [-0.2, 0) is 0 Å². The molecule has 0 heterocycles. The topological polar surface area (TPSA) is 17.1 Å². The van der Waals surface area contributed by atoms with E-state index < -0.39 is 0 Å². The van der Waals surface area contributed by atoms with Crippen molar-refractivity contribution in [2.24, 2.45) is 0 Å². The first-order valence-electron chi connectivity index (χ1n) is 5.14. The van der Waals surface area contributed by atoms with Gasteiger partial charge in [0.15, 0.2) is 5.78 Å². The smallest absolute Gasteiger partial charge is 0.194 e. The Kier molecular flexibility index (Phi) is 3.57. The normalized spacial score (nSPS) is 10.3. The van der Waals surface area contributed by atoms with Crippen molar-refractivity contribution >= 4 is 28.4 Å². The monoisotopic (exact) mass is 340 g/mol. The van der Waals surface area contributed by atoms with E-state index in [1.165, 1.54) is 18.2 Å². The maximum atomic E-state index is 13.0. The molecule has 0 unspecified atom stereocenters. The van der Waals surface area contributed by atoms with Crippen LogP contribution in [0.15, 0.2) is 42.5 Å². The molecule has 0 atom stereocenters. The summed E-state index contributed by atoms with van der Waals surface area (Å²) in [7, 11) is 0. The van der Waals surface area contributed by atoms with E-state index in [0.29, 0.717) is 14.7 Å². The summed E-state index contributed by atoms with van der Waals surface area (Å²) >= 11 is 1.97. The lowest BCUT2D eigenvalue weighted by molar-refractivity contribution is 0.103. The minimum atomic E-state index is -0.324. The highest BCUT2D eigenvalue weighted by Crippen LogP contribution is 2.18. The molecule has 0 aliphatic rings. The summed E-state index contributed by atoms with van der Waals surface area (Å²) in [6.45, 7) is 1.97. The zero-order valence-corrected chi connectivity index (χ0v) is 11.4. The number of carbonyl (C=O) groups excluding carboxylic acids is 1. The van der Waals surface area contributed by atoms with E-state index in [9.17, 15) is 9.18 Å². The Morgan fingerprint density at radius 1 is 1.12 bits per heavy atom. The van der Waals surface area contributed by atoms with Gasteiger partial charge in [-0.2, -0.15) is 0 Å². The Balaban J connectivity index is 2.40. The van der Waals surface area contributed by atoms with E-state index in [1.54, 1.807) is 12.1 Å². The van der Waals surface area contributed by atoms with Gasteiger partial charge >= 0.3 is 0 Å². The number of hydrogen-bond donors (Lipinski definition) is 0. The summed E-state index contributed by atoms with van der Waals surface area (Å²) < 4.78 is 13.6. The summed E-state index contributed by atoms with van der Waals surface area (Å²) in [5, 5.41) is 0. The van der Waals surface area contributed by atoms with Crippen LogP contribution in [0.1, 0.15) is 21.5 Å². The van der Waals surface area contributed by atoms with Crippen molar-refractivity contribution in [3.05, 3.63) is 68.5 Å². The highest BCUT2D eigenvalue weighted by Gasteiger charge is 2.12. The Hall–Kier alpha value is -1.23. The number of ketones is 1. The van der Waals surface area contributed by atoms with Crippen LogP contribution in [0.2, 0.25) is 0 Å². The molecule has 1 nitrogen and oxygen atoms in total. The Bertz CT molecular complexity index is 561. The van der Waals surface area contributed by atoms with Gasteiger partial charge in [0, 0.05) is 14.7 Å². The maximum absolute atomic E-state index is 13.0. The number of halogens is 2. The van der Waals surface area contributed by atoms with Crippen molar-refractivity contribution in [2.45, 2.75) is 6.92 Å². The largest absolute Gasteiger partial charge is 0.289 e. The molecule has 86 valence electrons. The van der Waals surface area contributed by atoms with Gasteiger partial charge in [0.25, 0.3) is 0 Å². The third kappa shape index (κ3) is 2.72. The molecule has 0 N–H and O–H groups in total. The van der Waals surface area contributed by atoms with Gasteiger partial charge in [-0.05, 0) is 47.7 Å². The second-order valence-corrected chi connectivity index (χ2v) is 4.98. The standard InChI is InChI=1S/C14H10FIO/c1-9-2-4-10(5-3-9)14(17)12-7-6-11(15)8-13(12)16/h2-8H,1H3. The fourth-order valence-electron chi connectivity index (χ4n) is 1.53. The van der Waals surface area contributed by atoms with Crippen LogP contribution in [0.25, 0.3) is 0 Å². The van der Waals surface area contributed by atoms with E-state index in [0.717, 1.165) is 5.56 Å². The third-order valence-electron chi connectivity index (χ3n) is 2.49. The van der Waals surface area contributed by atoms with Gasteiger partial charge in [-0.3, -0.25) is 4.79 Å². The molecule has 0 saturated heterocycles. The molecule has 2 aromatic carbocycles. The quantitative estimate of drug-likeness (QED) is 0.597. The van der Waals surface area contributed by atoms with Crippen molar-refractivity contribution in [1.29, 1.82) is 0 Å². The molecule has 0 aromatic heterocycles. The summed E-state index contributed by atoms with van der Waals surface area (Å²) in [4.78, 5) is 12.2. The number of aryl methyl sites for hydroxylation is 1. The molecule has 0 bridgehead atoms. The van der Waals surface area contributed by atoms with Gasteiger partial charge in [0.1, 0.15) is 5.82 Å². The summed E-state index contributed by atoms with van der Waals surface area (Å²) in [5.41, 5.74) is 2.27. The predicted molar refractivity (Wildman–Crippen MR) is 73.7 cm³/mol. The second-order valence-electron chi connectivity index (χ2n) is 3.82. The highest BCUT2D eigenvalue weighted by atomic mass is 127. The predicted octanol–water partition coefficient (Wildman–Crippen LogP) is 3.97. The number of hydrogen-bond acceptors (Lipinski definition) is 1. The fourth-order valence-corrected chi connectivity index (χ4v) is 2.26. The first kappa shape index (κ1) is 12.2. The van der Waals surface area contributed by atoms with Crippen LogP contribution in [0.3, 0.4) is 0 Å². The Labute approximate surface area is 113 Å². The molecule has 0 radical (unpaired) electrons. The molecule has 0 fully saturated rings. The van der Waals surface area contributed by atoms with Crippen molar-refractivity contribution in [2.75, 3.05) is 0 Å². The minimum Gasteiger partial charge on any atom is -0.289 e. The molecule has 2 rings (SSSR count). The molecule has 0 aliphatic heterocycles. The number of rotatable bonds is 2. The van der Waals surface area contributed by atoms with Crippen molar-refractivity contribution in [3.63, 3.8) is 0 Å². The lowest BCUT2D eigenvalue weighted by atomic mass is 10.0. The molecule has 0 saturated carbocycles. The average molecular weight is 340 g/mol. The van der Waals surface area contributed by atoms with Crippen molar-refractivity contribution in [1.82, 2.24) is 0 Å². The molecular weight excluding hydrogens is 330 g/mol. The van der Waals surface area contributed by atoms with Gasteiger partial charge in [-0.1, -0.05) is 29.8 Å². The molecular formula is C14H10FIO. The first-order valence-corrected chi connectivity index (χ1v) is 6.22. The lowest BCUT2D eigenvalue weighted by Gasteiger charge is -2.04. The Morgan fingerprint density at radius 2 is 1.76 bits per heavy atom. The van der Waals surface area contributed by atoms with Crippen LogP contribution in [0.4, 0.5) is 4.39 Å². The maximum Gasteiger partial charge on any atom is 0.194 e. The van der Waals surface area contributed by atoms with E-state index in [1.807, 2.05) is 41.6 Å². The van der Waals surface area contributed by atoms with Gasteiger partial charge in [0.2, 0.25) is 0 Å². The first-order chi connectivity index (χ1) is 8.08. The van der Waals surface area contributed by atoms with E-state index >= 15 is 0 Å². The van der Waals surface area contributed by atoms with Gasteiger partial charge in [0.05, 0.1) is 0 Å². The Morgan fingerprint density at radius 3 is 2.35 bits per heavy atom. The third-order valence-corrected chi connectivity index (χ3v) is 3.38. The van der Waals surface area contributed by atoms with Crippen LogP contribution in [-0.4, -0.2) is 5.78 Å². The molecule has 3 heteroatoms. The lowest BCUT2D eigenvalue weighted by Crippen LogP contribution is -2.04. The highest BCUT2D eigenvalue weighted by molar-refractivity contribution is 14.1. The zero-order valence-electron chi connectivity index (χ0n) is 9.21. The molecule has 17 heavy (non-hydrogen) atoms. The second kappa shape index (κ2) is 4.96. The van der Waals surface area contributed by atoms with Crippen molar-refractivity contribution in [3.8, 4) is 0 Å². The molecule has 0 spiro atoms.